The van der Waals surface area contributed by atoms with Gasteiger partial charge in [-0.05, 0) is 29.8 Å². The third kappa shape index (κ3) is 2.33. The fourth-order valence-electron chi connectivity index (χ4n) is 2.22. The van der Waals surface area contributed by atoms with Crippen LogP contribution in [-0.2, 0) is 4.74 Å². The molecule has 1 N–H and O–H groups in total. The molecule has 5 heteroatoms. The fourth-order valence-corrected chi connectivity index (χ4v) is 2.22. The Balaban J connectivity index is 2.10. The van der Waals surface area contributed by atoms with Crippen molar-refractivity contribution in [3.8, 4) is 16.9 Å². The van der Waals surface area contributed by atoms with Crippen LogP contribution in [-0.4, -0.2) is 18.2 Å². The molecule has 110 valence electrons. The third-order valence-electron chi connectivity index (χ3n) is 3.38. The zero-order valence-corrected chi connectivity index (χ0v) is 11.7. The van der Waals surface area contributed by atoms with E-state index < -0.39 is 5.97 Å². The van der Waals surface area contributed by atoms with Crippen molar-refractivity contribution in [2.24, 2.45) is 0 Å². The minimum absolute atomic E-state index is 0.0332. The SMILES string of the molecule is COC(=O)c1ccc(-c2coc3cc(O)ccc3c2=O)cc1. The van der Waals surface area contributed by atoms with Gasteiger partial charge in [-0.1, -0.05) is 12.1 Å². The Labute approximate surface area is 125 Å². The molecule has 0 aliphatic carbocycles. The van der Waals surface area contributed by atoms with Crippen molar-refractivity contribution < 1.29 is 19.1 Å². The van der Waals surface area contributed by atoms with E-state index in [-0.39, 0.29) is 11.2 Å². The van der Waals surface area contributed by atoms with Gasteiger partial charge in [0.05, 0.1) is 23.6 Å². The Hall–Kier alpha value is -3.08. The van der Waals surface area contributed by atoms with E-state index in [0.29, 0.717) is 27.7 Å². The second kappa shape index (κ2) is 5.37. The maximum absolute atomic E-state index is 12.5. The summed E-state index contributed by atoms with van der Waals surface area (Å²) in [6.45, 7) is 0. The highest BCUT2D eigenvalue weighted by Crippen LogP contribution is 2.22. The second-order valence-electron chi connectivity index (χ2n) is 4.73. The molecule has 0 spiro atoms. The van der Waals surface area contributed by atoms with Crippen LogP contribution in [0.2, 0.25) is 0 Å². The van der Waals surface area contributed by atoms with Gasteiger partial charge in [0.2, 0.25) is 0 Å². The molecule has 2 aromatic carbocycles. The van der Waals surface area contributed by atoms with Crippen molar-refractivity contribution in [2.45, 2.75) is 0 Å². The molecule has 1 heterocycles. The summed E-state index contributed by atoms with van der Waals surface area (Å²) in [6, 6.07) is 10.8. The van der Waals surface area contributed by atoms with E-state index in [1.54, 1.807) is 24.3 Å². The Bertz CT molecular complexity index is 906. The number of methoxy groups -OCH3 is 1. The molecule has 0 saturated carbocycles. The first-order valence-electron chi connectivity index (χ1n) is 6.53. The maximum Gasteiger partial charge on any atom is 0.337 e. The lowest BCUT2D eigenvalue weighted by Gasteiger charge is -2.04. The second-order valence-corrected chi connectivity index (χ2v) is 4.73. The highest BCUT2D eigenvalue weighted by atomic mass is 16.5. The number of hydrogen-bond acceptors (Lipinski definition) is 5. The summed E-state index contributed by atoms with van der Waals surface area (Å²) >= 11 is 0. The zero-order chi connectivity index (χ0) is 15.7. The molecule has 3 rings (SSSR count). The Kier molecular flexibility index (Phi) is 3.39. The fraction of sp³-hybridized carbons (Fsp3) is 0.0588. The van der Waals surface area contributed by atoms with Gasteiger partial charge in [-0.3, -0.25) is 4.79 Å². The van der Waals surface area contributed by atoms with Gasteiger partial charge in [-0.15, -0.1) is 0 Å². The number of aromatic hydroxyl groups is 1. The van der Waals surface area contributed by atoms with E-state index in [1.807, 2.05) is 0 Å². The highest BCUT2D eigenvalue weighted by Gasteiger charge is 2.11. The van der Waals surface area contributed by atoms with Gasteiger partial charge in [0.25, 0.3) is 0 Å². The lowest BCUT2D eigenvalue weighted by Crippen LogP contribution is -2.05. The average molecular weight is 296 g/mol. The number of carbonyl (C=O) groups is 1. The molecule has 0 atom stereocenters. The Morgan fingerprint density at radius 1 is 1.14 bits per heavy atom. The number of phenols is 1. The summed E-state index contributed by atoms with van der Waals surface area (Å²) in [5, 5.41) is 9.79. The predicted octanol–water partition coefficient (Wildman–Crippen LogP) is 2.95. The summed E-state index contributed by atoms with van der Waals surface area (Å²) in [5.74, 6) is -0.404. The Morgan fingerprint density at radius 3 is 2.55 bits per heavy atom. The quantitative estimate of drug-likeness (QED) is 0.736. The number of benzene rings is 2. The maximum atomic E-state index is 12.5. The minimum Gasteiger partial charge on any atom is -0.508 e. The molecular weight excluding hydrogens is 284 g/mol. The number of esters is 1. The van der Waals surface area contributed by atoms with Crippen molar-refractivity contribution >= 4 is 16.9 Å². The van der Waals surface area contributed by atoms with Gasteiger partial charge in [0.1, 0.15) is 17.6 Å². The zero-order valence-electron chi connectivity index (χ0n) is 11.7. The van der Waals surface area contributed by atoms with Gasteiger partial charge in [0, 0.05) is 6.07 Å². The topological polar surface area (TPSA) is 76.7 Å². The number of fused-ring (bicyclic) bond motifs is 1. The van der Waals surface area contributed by atoms with Crippen molar-refractivity contribution in [1.29, 1.82) is 0 Å². The first kappa shape index (κ1) is 13.9. The van der Waals surface area contributed by atoms with Crippen LogP contribution in [0.25, 0.3) is 22.1 Å². The summed E-state index contributed by atoms with van der Waals surface area (Å²) < 4.78 is 10.0. The smallest absolute Gasteiger partial charge is 0.337 e. The highest BCUT2D eigenvalue weighted by molar-refractivity contribution is 5.90. The van der Waals surface area contributed by atoms with Gasteiger partial charge in [-0.2, -0.15) is 0 Å². The standard InChI is InChI=1S/C17H12O5/c1-21-17(20)11-4-2-10(3-5-11)14-9-22-15-8-12(18)6-7-13(15)16(14)19/h2-9,18H,1H3. The molecule has 0 unspecified atom stereocenters. The van der Waals surface area contributed by atoms with Crippen LogP contribution in [0.15, 0.2) is 57.9 Å². The predicted molar refractivity (Wildman–Crippen MR) is 80.9 cm³/mol. The van der Waals surface area contributed by atoms with Crippen LogP contribution in [0.3, 0.4) is 0 Å². The van der Waals surface area contributed by atoms with E-state index in [4.69, 9.17) is 4.42 Å². The monoisotopic (exact) mass is 296 g/mol. The molecule has 0 aliphatic heterocycles. The number of ether oxygens (including phenoxy) is 1. The number of phenolic OH excluding ortho intramolecular Hbond substituents is 1. The van der Waals surface area contributed by atoms with Crippen LogP contribution in [0, 0.1) is 0 Å². The summed E-state index contributed by atoms with van der Waals surface area (Å²) in [5.41, 5.74) is 1.54. The van der Waals surface area contributed by atoms with Gasteiger partial charge in [-0.25, -0.2) is 4.79 Å². The molecule has 1 aromatic heterocycles. The van der Waals surface area contributed by atoms with Gasteiger partial charge in [0.15, 0.2) is 5.43 Å². The van der Waals surface area contributed by atoms with Gasteiger partial charge < -0.3 is 14.3 Å². The number of rotatable bonds is 2. The summed E-state index contributed by atoms with van der Waals surface area (Å²) in [6.07, 6.45) is 1.34. The third-order valence-corrected chi connectivity index (χ3v) is 3.38. The minimum atomic E-state index is -0.437. The van der Waals surface area contributed by atoms with E-state index in [9.17, 15) is 14.7 Å². The molecule has 0 amide bonds. The largest absolute Gasteiger partial charge is 0.508 e. The van der Waals surface area contributed by atoms with E-state index in [0.717, 1.165) is 0 Å². The van der Waals surface area contributed by atoms with Crippen molar-refractivity contribution in [2.75, 3.05) is 7.11 Å². The molecule has 3 aromatic rings. The molecule has 0 radical (unpaired) electrons. The first-order chi connectivity index (χ1) is 10.6. The van der Waals surface area contributed by atoms with Crippen LogP contribution >= 0.6 is 0 Å². The lowest BCUT2D eigenvalue weighted by atomic mass is 10.0. The van der Waals surface area contributed by atoms with E-state index in [2.05, 4.69) is 4.74 Å². The molecule has 0 bridgehead atoms. The molecule has 22 heavy (non-hydrogen) atoms. The molecule has 0 aliphatic rings. The average Bonchev–Trinajstić information content (AvgIpc) is 2.54. The lowest BCUT2D eigenvalue weighted by molar-refractivity contribution is 0.0601. The van der Waals surface area contributed by atoms with E-state index >= 15 is 0 Å². The van der Waals surface area contributed by atoms with Crippen molar-refractivity contribution in [3.63, 3.8) is 0 Å². The summed E-state index contributed by atoms with van der Waals surface area (Å²) in [7, 11) is 1.31. The molecular formula is C17H12O5. The Morgan fingerprint density at radius 2 is 1.86 bits per heavy atom. The molecule has 0 fully saturated rings. The summed E-state index contributed by atoms with van der Waals surface area (Å²) in [4.78, 5) is 23.9. The number of hydrogen-bond donors (Lipinski definition) is 1. The van der Waals surface area contributed by atoms with Crippen LogP contribution < -0.4 is 5.43 Å². The van der Waals surface area contributed by atoms with Crippen LogP contribution in [0.4, 0.5) is 0 Å². The molecule has 0 saturated heterocycles. The van der Waals surface area contributed by atoms with Crippen molar-refractivity contribution in [3.05, 3.63) is 64.5 Å². The number of carbonyl (C=O) groups excluding carboxylic acids is 1. The first-order valence-corrected chi connectivity index (χ1v) is 6.53. The van der Waals surface area contributed by atoms with Gasteiger partial charge >= 0.3 is 5.97 Å². The van der Waals surface area contributed by atoms with Crippen LogP contribution in [0.5, 0.6) is 5.75 Å². The molecule has 5 nitrogen and oxygen atoms in total. The van der Waals surface area contributed by atoms with Crippen molar-refractivity contribution in [1.82, 2.24) is 0 Å². The van der Waals surface area contributed by atoms with Crippen LogP contribution in [0.1, 0.15) is 10.4 Å². The normalized spacial score (nSPS) is 10.6. The van der Waals surface area contributed by atoms with E-state index in [1.165, 1.54) is 31.6 Å².